The summed E-state index contributed by atoms with van der Waals surface area (Å²) in [5, 5.41) is 8.87. The van der Waals surface area contributed by atoms with Crippen molar-refractivity contribution < 1.29 is 19.1 Å². The highest BCUT2D eigenvalue weighted by Gasteiger charge is 2.27. The second-order valence-corrected chi connectivity index (χ2v) is 8.40. The lowest BCUT2D eigenvalue weighted by atomic mass is 9.93. The first kappa shape index (κ1) is 21.7. The van der Waals surface area contributed by atoms with Crippen LogP contribution in [0.3, 0.4) is 0 Å². The molecule has 1 aromatic heterocycles. The van der Waals surface area contributed by atoms with Crippen molar-refractivity contribution in [1.29, 1.82) is 0 Å². The molecule has 5 heteroatoms. The number of aromatic nitrogens is 1. The third-order valence-corrected chi connectivity index (χ3v) is 6.02. The van der Waals surface area contributed by atoms with Crippen LogP contribution >= 0.6 is 0 Å². The molecule has 1 aliphatic carbocycles. The molecular weight excluding hydrogens is 426 g/mol. The first-order valence-corrected chi connectivity index (χ1v) is 11.4. The summed E-state index contributed by atoms with van der Waals surface area (Å²) in [6, 6.07) is 27.8. The average Bonchev–Trinajstić information content (AvgIpc) is 3.51. The molecule has 1 aliphatic rings. The van der Waals surface area contributed by atoms with Gasteiger partial charge in [0.2, 0.25) is 5.89 Å². The van der Waals surface area contributed by atoms with E-state index < -0.39 is 5.97 Å². The lowest BCUT2D eigenvalue weighted by Crippen LogP contribution is -2.09. The molecule has 0 saturated heterocycles. The van der Waals surface area contributed by atoms with E-state index in [1.807, 2.05) is 66.7 Å². The Bertz CT molecular complexity index is 1250. The van der Waals surface area contributed by atoms with Gasteiger partial charge in [0.1, 0.15) is 11.4 Å². The summed E-state index contributed by atoms with van der Waals surface area (Å²) in [6.45, 7) is -0.348. The zero-order valence-corrected chi connectivity index (χ0v) is 18.7. The number of carbonyl (C=O) groups is 1. The molecule has 0 fully saturated rings. The van der Waals surface area contributed by atoms with Gasteiger partial charge in [-0.05, 0) is 42.9 Å². The Balaban J connectivity index is 1.44. The van der Waals surface area contributed by atoms with E-state index in [-0.39, 0.29) is 12.5 Å². The van der Waals surface area contributed by atoms with Crippen LogP contribution in [-0.2, 0) is 11.2 Å². The van der Waals surface area contributed by atoms with Crippen molar-refractivity contribution in [1.82, 2.24) is 4.98 Å². The van der Waals surface area contributed by atoms with Crippen LogP contribution in [0.15, 0.2) is 95.4 Å². The van der Waals surface area contributed by atoms with E-state index in [4.69, 9.17) is 19.2 Å². The van der Waals surface area contributed by atoms with Gasteiger partial charge < -0.3 is 14.3 Å². The molecule has 5 rings (SSSR count). The SMILES string of the molecule is O=C(O)COc1cccc(C[C@@H]2CCC=C2c2nc(-c3ccccc3)c(-c3ccccc3)o2)c1. The minimum absolute atomic E-state index is 0.264. The Morgan fingerprint density at radius 2 is 1.71 bits per heavy atom. The third kappa shape index (κ3) is 4.79. The van der Waals surface area contributed by atoms with E-state index in [0.717, 1.165) is 53.0 Å². The summed E-state index contributed by atoms with van der Waals surface area (Å²) < 4.78 is 11.8. The monoisotopic (exact) mass is 451 g/mol. The Hall–Kier alpha value is -4.12. The number of benzene rings is 3. The zero-order chi connectivity index (χ0) is 23.3. The molecule has 0 aliphatic heterocycles. The molecular formula is C29H25NO4. The number of aliphatic carboxylic acids is 1. The van der Waals surface area contributed by atoms with E-state index in [2.05, 4.69) is 18.2 Å². The first-order chi connectivity index (χ1) is 16.7. The van der Waals surface area contributed by atoms with Crippen molar-refractivity contribution in [2.45, 2.75) is 19.3 Å². The van der Waals surface area contributed by atoms with E-state index in [9.17, 15) is 4.79 Å². The second-order valence-electron chi connectivity index (χ2n) is 8.40. The Morgan fingerprint density at radius 3 is 2.44 bits per heavy atom. The van der Waals surface area contributed by atoms with Crippen LogP contribution < -0.4 is 4.74 Å². The fraction of sp³-hybridized carbons (Fsp3) is 0.172. The number of carboxylic acid groups (broad SMARTS) is 1. The highest BCUT2D eigenvalue weighted by molar-refractivity contribution is 5.79. The number of nitrogens with zero attached hydrogens (tertiary/aromatic N) is 1. The van der Waals surface area contributed by atoms with Gasteiger partial charge in [0.25, 0.3) is 0 Å². The Labute approximate surface area is 198 Å². The normalized spacial score (nSPS) is 15.2. The second kappa shape index (κ2) is 9.79. The van der Waals surface area contributed by atoms with Gasteiger partial charge in [0.15, 0.2) is 12.4 Å². The molecule has 1 N–H and O–H groups in total. The van der Waals surface area contributed by atoms with Crippen LogP contribution in [0.1, 0.15) is 24.3 Å². The number of carboxylic acids is 1. The molecule has 0 spiro atoms. The minimum Gasteiger partial charge on any atom is -0.482 e. The van der Waals surface area contributed by atoms with Gasteiger partial charge in [-0.15, -0.1) is 0 Å². The van der Waals surface area contributed by atoms with Crippen LogP contribution in [-0.4, -0.2) is 22.7 Å². The summed E-state index contributed by atoms with van der Waals surface area (Å²) in [5.74, 6) is 1.28. The number of allylic oxidation sites excluding steroid dienone is 2. The van der Waals surface area contributed by atoms with E-state index in [0.29, 0.717) is 11.6 Å². The van der Waals surface area contributed by atoms with Crippen molar-refractivity contribution in [2.75, 3.05) is 6.61 Å². The van der Waals surface area contributed by atoms with Crippen molar-refractivity contribution in [2.24, 2.45) is 5.92 Å². The number of rotatable bonds is 8. The highest BCUT2D eigenvalue weighted by atomic mass is 16.5. The van der Waals surface area contributed by atoms with Gasteiger partial charge in [0.05, 0.1) is 0 Å². The van der Waals surface area contributed by atoms with Gasteiger partial charge in [-0.2, -0.15) is 0 Å². The lowest BCUT2D eigenvalue weighted by Gasteiger charge is -2.14. The summed E-state index contributed by atoms with van der Waals surface area (Å²) >= 11 is 0. The maximum atomic E-state index is 10.8. The first-order valence-electron chi connectivity index (χ1n) is 11.4. The maximum absolute atomic E-state index is 10.8. The standard InChI is InChI=1S/C29H25NO4/c31-26(32)19-33-24-15-7-9-20(18-24)17-23-14-8-16-25(23)29-30-27(21-10-3-1-4-11-21)28(34-29)22-12-5-2-6-13-22/h1-7,9-13,15-16,18,23H,8,14,17,19H2,(H,31,32)/t23-/m0/s1. The summed E-state index contributed by atoms with van der Waals surface area (Å²) in [6.07, 6.45) is 5.02. The average molecular weight is 452 g/mol. The predicted molar refractivity (Wildman–Crippen MR) is 131 cm³/mol. The minimum atomic E-state index is -0.987. The number of hydrogen-bond acceptors (Lipinski definition) is 4. The van der Waals surface area contributed by atoms with Crippen LogP contribution in [0.25, 0.3) is 28.2 Å². The molecule has 1 heterocycles. The fourth-order valence-corrected chi connectivity index (χ4v) is 4.45. The van der Waals surface area contributed by atoms with Gasteiger partial charge in [-0.3, -0.25) is 0 Å². The van der Waals surface area contributed by atoms with Gasteiger partial charge in [-0.1, -0.05) is 78.9 Å². The molecule has 3 aromatic carbocycles. The quantitative estimate of drug-likeness (QED) is 0.331. The molecule has 0 unspecified atom stereocenters. The largest absolute Gasteiger partial charge is 0.482 e. The summed E-state index contributed by atoms with van der Waals surface area (Å²) in [7, 11) is 0. The Kier molecular flexibility index (Phi) is 6.25. The molecule has 0 saturated carbocycles. The van der Waals surface area contributed by atoms with Crippen molar-refractivity contribution in [3.8, 4) is 28.3 Å². The van der Waals surface area contributed by atoms with Crippen LogP contribution in [0.2, 0.25) is 0 Å². The third-order valence-electron chi connectivity index (χ3n) is 6.02. The molecule has 0 bridgehead atoms. The molecule has 5 nitrogen and oxygen atoms in total. The van der Waals surface area contributed by atoms with Crippen molar-refractivity contribution in [3.05, 3.63) is 102 Å². The van der Waals surface area contributed by atoms with E-state index in [1.165, 1.54) is 0 Å². The van der Waals surface area contributed by atoms with E-state index >= 15 is 0 Å². The molecule has 34 heavy (non-hydrogen) atoms. The molecule has 0 amide bonds. The lowest BCUT2D eigenvalue weighted by molar-refractivity contribution is -0.139. The van der Waals surface area contributed by atoms with Crippen LogP contribution in [0, 0.1) is 5.92 Å². The topological polar surface area (TPSA) is 72.6 Å². The van der Waals surface area contributed by atoms with Gasteiger partial charge in [0, 0.05) is 16.7 Å². The van der Waals surface area contributed by atoms with E-state index in [1.54, 1.807) is 6.07 Å². The molecule has 4 aromatic rings. The highest BCUT2D eigenvalue weighted by Crippen LogP contribution is 2.40. The number of ether oxygens (including phenoxy) is 1. The van der Waals surface area contributed by atoms with Crippen molar-refractivity contribution in [3.63, 3.8) is 0 Å². The number of hydrogen-bond donors (Lipinski definition) is 1. The fourth-order valence-electron chi connectivity index (χ4n) is 4.45. The molecule has 0 radical (unpaired) electrons. The van der Waals surface area contributed by atoms with Gasteiger partial charge in [-0.25, -0.2) is 9.78 Å². The summed E-state index contributed by atoms with van der Waals surface area (Å²) in [4.78, 5) is 15.8. The summed E-state index contributed by atoms with van der Waals surface area (Å²) in [5.41, 5.74) is 5.08. The molecule has 170 valence electrons. The van der Waals surface area contributed by atoms with Crippen molar-refractivity contribution >= 4 is 11.5 Å². The van der Waals surface area contributed by atoms with Crippen LogP contribution in [0.4, 0.5) is 0 Å². The smallest absolute Gasteiger partial charge is 0.341 e. The van der Waals surface area contributed by atoms with Gasteiger partial charge >= 0.3 is 5.97 Å². The Morgan fingerprint density at radius 1 is 0.971 bits per heavy atom. The maximum Gasteiger partial charge on any atom is 0.341 e. The predicted octanol–water partition coefficient (Wildman–Crippen LogP) is 6.51. The molecule has 1 atom stereocenters. The number of oxazole rings is 1. The van der Waals surface area contributed by atoms with Crippen LogP contribution in [0.5, 0.6) is 5.75 Å². The zero-order valence-electron chi connectivity index (χ0n) is 18.7.